The van der Waals surface area contributed by atoms with Crippen LogP contribution < -0.4 is 10.9 Å². The van der Waals surface area contributed by atoms with Crippen molar-refractivity contribution in [3.05, 3.63) is 63.5 Å². The minimum Gasteiger partial charge on any atom is -0.326 e. The van der Waals surface area contributed by atoms with Gasteiger partial charge in [0.2, 0.25) is 11.8 Å². The van der Waals surface area contributed by atoms with Crippen molar-refractivity contribution in [2.24, 2.45) is 0 Å². The van der Waals surface area contributed by atoms with Gasteiger partial charge in [0.25, 0.3) is 11.2 Å². The van der Waals surface area contributed by atoms with Crippen molar-refractivity contribution < 1.29 is 0 Å². The Bertz CT molecular complexity index is 1120. The molecule has 9 nitrogen and oxygen atoms in total. The monoisotopic (exact) mass is 362 g/mol. The Kier molecular flexibility index (Phi) is 3.97. The number of aromatic nitrogens is 6. The number of aromatic amines is 2. The summed E-state index contributed by atoms with van der Waals surface area (Å²) in [5.41, 5.74) is 1.38. The van der Waals surface area contributed by atoms with Crippen molar-refractivity contribution in [1.82, 2.24) is 30.6 Å². The molecule has 0 aliphatic heterocycles. The number of nitrogens with one attached hydrogen (secondary N) is 3. The highest BCUT2D eigenvalue weighted by Crippen LogP contribution is 2.30. The second kappa shape index (κ2) is 6.58. The second-order valence-corrected chi connectivity index (χ2v) is 6.09. The first-order valence-corrected chi connectivity index (χ1v) is 8.29. The molecule has 0 fully saturated rings. The quantitative estimate of drug-likeness (QED) is 0.481. The number of H-pyrrole nitrogens is 2. The van der Waals surface area contributed by atoms with E-state index in [0.29, 0.717) is 17.2 Å². The first-order valence-electron chi connectivity index (χ1n) is 7.41. The minimum atomic E-state index is -0.482. The molecule has 1 aromatic carbocycles. The topological polar surface area (TPSA) is 117 Å². The predicted octanol–water partition coefficient (Wildman–Crippen LogP) is 2.97. The zero-order valence-corrected chi connectivity index (χ0v) is 13.9. The molecule has 0 radical (unpaired) electrons. The molecule has 0 unspecified atom stereocenters. The standard InChI is InChI=1S/C16H10N8OS/c1-17-13-12(11-3-2-8-26-11)19-16(20-15(13)25)18-10-6-4-9(5-7-10)14-21-23-24-22-14/h2-8H,(H2,18,19,20,25)(H,21,22,23,24). The molecular formula is C16H10N8OS. The first-order chi connectivity index (χ1) is 12.7. The zero-order chi connectivity index (χ0) is 17.9. The van der Waals surface area contributed by atoms with Gasteiger partial charge in [0.1, 0.15) is 0 Å². The molecule has 0 bridgehead atoms. The molecule has 0 atom stereocenters. The normalized spacial score (nSPS) is 10.4. The van der Waals surface area contributed by atoms with Crippen LogP contribution in [0.5, 0.6) is 0 Å². The number of benzene rings is 1. The van der Waals surface area contributed by atoms with Crippen LogP contribution in [0.25, 0.3) is 26.8 Å². The average molecular weight is 362 g/mol. The number of anilines is 2. The molecule has 3 aromatic heterocycles. The maximum atomic E-state index is 12.2. The van der Waals surface area contributed by atoms with Gasteiger partial charge in [0.05, 0.1) is 12.3 Å². The summed E-state index contributed by atoms with van der Waals surface area (Å²) in [6, 6.07) is 10.9. The van der Waals surface area contributed by atoms with Crippen LogP contribution in [0.2, 0.25) is 0 Å². The summed E-state index contributed by atoms with van der Waals surface area (Å²) in [5, 5.41) is 18.7. The van der Waals surface area contributed by atoms with E-state index in [1.807, 2.05) is 29.6 Å². The molecule has 0 amide bonds. The Hall–Kier alpha value is -3.84. The lowest BCUT2D eigenvalue weighted by molar-refractivity contribution is 0.881. The molecule has 26 heavy (non-hydrogen) atoms. The summed E-state index contributed by atoms with van der Waals surface area (Å²) in [6.45, 7) is 7.24. The number of nitrogens with zero attached hydrogens (tertiary/aromatic N) is 5. The summed E-state index contributed by atoms with van der Waals surface area (Å²) in [7, 11) is 0. The van der Waals surface area contributed by atoms with Gasteiger partial charge in [-0.2, -0.15) is 5.21 Å². The maximum Gasteiger partial charge on any atom is 0.276 e. The van der Waals surface area contributed by atoms with Gasteiger partial charge in [-0.05, 0) is 40.9 Å². The van der Waals surface area contributed by atoms with Gasteiger partial charge in [0.15, 0.2) is 0 Å². The lowest BCUT2D eigenvalue weighted by atomic mass is 10.2. The van der Waals surface area contributed by atoms with E-state index in [-0.39, 0.29) is 11.6 Å². The molecule has 4 aromatic rings. The van der Waals surface area contributed by atoms with Crippen molar-refractivity contribution >= 4 is 28.7 Å². The highest BCUT2D eigenvalue weighted by atomic mass is 32.1. The van der Waals surface area contributed by atoms with E-state index >= 15 is 0 Å². The van der Waals surface area contributed by atoms with Crippen LogP contribution >= 0.6 is 11.3 Å². The summed E-state index contributed by atoms with van der Waals surface area (Å²) in [4.78, 5) is 23.3. The van der Waals surface area contributed by atoms with Gasteiger partial charge >= 0.3 is 0 Å². The zero-order valence-electron chi connectivity index (χ0n) is 13.1. The van der Waals surface area contributed by atoms with Crippen LogP contribution in [0.1, 0.15) is 0 Å². The largest absolute Gasteiger partial charge is 0.326 e. The summed E-state index contributed by atoms with van der Waals surface area (Å²) < 4.78 is 0. The molecule has 10 heteroatoms. The summed E-state index contributed by atoms with van der Waals surface area (Å²) in [6.07, 6.45) is 0. The molecule has 4 rings (SSSR count). The van der Waals surface area contributed by atoms with Gasteiger partial charge in [-0.25, -0.2) is 9.83 Å². The molecule has 0 saturated heterocycles. The van der Waals surface area contributed by atoms with E-state index in [9.17, 15) is 4.79 Å². The van der Waals surface area contributed by atoms with Crippen LogP contribution in [0.3, 0.4) is 0 Å². The highest BCUT2D eigenvalue weighted by Gasteiger charge is 2.14. The van der Waals surface area contributed by atoms with E-state index in [1.165, 1.54) is 11.3 Å². The van der Waals surface area contributed by atoms with Gasteiger partial charge in [-0.1, -0.05) is 6.07 Å². The molecular weight excluding hydrogens is 352 g/mol. The van der Waals surface area contributed by atoms with Gasteiger partial charge < -0.3 is 10.3 Å². The highest BCUT2D eigenvalue weighted by molar-refractivity contribution is 7.13. The van der Waals surface area contributed by atoms with Crippen LogP contribution in [0.15, 0.2) is 46.6 Å². The first kappa shape index (κ1) is 15.7. The number of rotatable bonds is 4. The van der Waals surface area contributed by atoms with E-state index in [0.717, 1.165) is 10.4 Å². The molecule has 0 aliphatic rings. The second-order valence-electron chi connectivity index (χ2n) is 5.14. The number of tetrazole rings is 1. The Morgan fingerprint density at radius 1 is 1.19 bits per heavy atom. The Labute approximate surface area is 150 Å². The fraction of sp³-hybridized carbons (Fsp3) is 0. The van der Waals surface area contributed by atoms with Crippen molar-refractivity contribution in [2.45, 2.75) is 0 Å². The minimum absolute atomic E-state index is 0.0227. The lowest BCUT2D eigenvalue weighted by Gasteiger charge is -2.08. The van der Waals surface area contributed by atoms with Crippen LogP contribution in [-0.2, 0) is 0 Å². The van der Waals surface area contributed by atoms with Crippen molar-refractivity contribution in [3.8, 4) is 22.0 Å². The Morgan fingerprint density at radius 3 is 2.69 bits per heavy atom. The summed E-state index contributed by atoms with van der Waals surface area (Å²) in [5.74, 6) is 0.752. The van der Waals surface area contributed by atoms with E-state index < -0.39 is 5.56 Å². The third-order valence-corrected chi connectivity index (χ3v) is 4.39. The molecule has 0 spiro atoms. The van der Waals surface area contributed by atoms with E-state index in [2.05, 4.69) is 40.8 Å². The summed E-state index contributed by atoms with van der Waals surface area (Å²) >= 11 is 1.42. The molecule has 3 N–H and O–H groups in total. The number of thiophene rings is 1. The van der Waals surface area contributed by atoms with Gasteiger partial charge in [-0.15, -0.1) is 21.5 Å². The average Bonchev–Trinajstić information content (AvgIpc) is 3.36. The molecule has 0 saturated carbocycles. The predicted molar refractivity (Wildman–Crippen MR) is 97.3 cm³/mol. The van der Waals surface area contributed by atoms with Gasteiger partial charge in [-0.3, -0.25) is 4.79 Å². The smallest absolute Gasteiger partial charge is 0.276 e. The SMILES string of the molecule is [C-]#[N+]c1c(-c2cccs2)nc(Nc2ccc(-c3nn[nH]n3)cc2)[nH]c1=O. The molecule has 0 aliphatic carbocycles. The Morgan fingerprint density at radius 2 is 2.04 bits per heavy atom. The van der Waals surface area contributed by atoms with E-state index in [1.54, 1.807) is 12.1 Å². The lowest BCUT2D eigenvalue weighted by Crippen LogP contribution is -2.11. The van der Waals surface area contributed by atoms with Crippen molar-refractivity contribution in [1.29, 1.82) is 0 Å². The molecule has 3 heterocycles. The maximum absolute atomic E-state index is 12.2. The fourth-order valence-electron chi connectivity index (χ4n) is 2.34. The van der Waals surface area contributed by atoms with Gasteiger partial charge in [0, 0.05) is 16.1 Å². The van der Waals surface area contributed by atoms with Crippen LogP contribution in [0, 0.1) is 6.57 Å². The third kappa shape index (κ3) is 2.94. The van der Waals surface area contributed by atoms with Crippen LogP contribution in [-0.4, -0.2) is 30.6 Å². The number of hydrogen-bond donors (Lipinski definition) is 3. The fourth-order valence-corrected chi connectivity index (χ4v) is 3.05. The molecule has 126 valence electrons. The Balaban J connectivity index is 1.67. The van der Waals surface area contributed by atoms with Crippen molar-refractivity contribution in [3.63, 3.8) is 0 Å². The van der Waals surface area contributed by atoms with Crippen molar-refractivity contribution in [2.75, 3.05) is 5.32 Å². The third-order valence-electron chi connectivity index (χ3n) is 3.51. The number of hydrogen-bond acceptors (Lipinski definition) is 7. The van der Waals surface area contributed by atoms with E-state index in [4.69, 9.17) is 6.57 Å². The van der Waals surface area contributed by atoms with Crippen LogP contribution in [0.4, 0.5) is 17.3 Å².